The first-order chi connectivity index (χ1) is 23.9. The van der Waals surface area contributed by atoms with Gasteiger partial charge in [-0.05, 0) is 37.1 Å². The van der Waals surface area contributed by atoms with E-state index in [2.05, 4.69) is 14.1 Å². The fraction of sp³-hybridized carbons (Fsp3) is 0.600. The van der Waals surface area contributed by atoms with Crippen molar-refractivity contribution in [2.75, 3.05) is 14.1 Å². The molecule has 1 aliphatic carbocycles. The van der Waals surface area contributed by atoms with Gasteiger partial charge < -0.3 is 61.9 Å². The van der Waals surface area contributed by atoms with Gasteiger partial charge in [0.1, 0.15) is 36.8 Å². The number of halogens is 2. The minimum Gasteiger partial charge on any atom is -1.00 e. The van der Waals surface area contributed by atoms with Crippen molar-refractivity contribution >= 4 is 23.9 Å². The average molecular weight is 849 g/mol. The number of hydrogen-bond acceptors (Lipinski definition) is 8. The maximum atomic E-state index is 13.5. The number of esters is 4. The van der Waals surface area contributed by atoms with E-state index in [0.29, 0.717) is 48.5 Å². The quantitative estimate of drug-likeness (QED) is 0.182. The van der Waals surface area contributed by atoms with Gasteiger partial charge >= 0.3 is 23.9 Å². The number of quaternary nitrogens is 2. The van der Waals surface area contributed by atoms with Crippen LogP contribution in [0.2, 0.25) is 0 Å². The zero-order valence-electron chi connectivity index (χ0n) is 30.6. The van der Waals surface area contributed by atoms with Crippen molar-refractivity contribution in [3.63, 3.8) is 0 Å². The Bertz CT molecular complexity index is 1510. The van der Waals surface area contributed by atoms with Crippen LogP contribution >= 0.6 is 0 Å². The van der Waals surface area contributed by atoms with Crippen LogP contribution in [0.1, 0.15) is 89.2 Å². The van der Waals surface area contributed by atoms with Gasteiger partial charge in [-0.3, -0.25) is 19.2 Å². The summed E-state index contributed by atoms with van der Waals surface area (Å²) < 4.78 is 25.1. The largest absolute Gasteiger partial charge is 1.00 e. The summed E-state index contributed by atoms with van der Waals surface area (Å²) in [5, 5.41) is 0. The third-order valence-corrected chi connectivity index (χ3v) is 13.1. The van der Waals surface area contributed by atoms with Gasteiger partial charge in [0, 0.05) is 76.3 Å². The van der Waals surface area contributed by atoms with Crippen molar-refractivity contribution in [1.29, 1.82) is 0 Å². The number of nitrogens with zero attached hydrogens (tertiary/aromatic N) is 2. The molecule has 0 amide bonds. The maximum Gasteiger partial charge on any atom is 0.310 e. The second kappa shape index (κ2) is 16.3. The molecule has 4 heterocycles. The Labute approximate surface area is 328 Å². The topological polar surface area (TPSA) is 105 Å². The molecule has 52 heavy (non-hydrogen) atoms. The number of fused-ring (bicyclic) bond motifs is 4. The third-order valence-electron chi connectivity index (χ3n) is 13.1. The molecule has 2 aromatic rings. The number of hydrogen-bond donors (Lipinski definition) is 0. The Morgan fingerprint density at radius 2 is 0.885 bits per heavy atom. The lowest BCUT2D eigenvalue weighted by Crippen LogP contribution is -3.00. The smallest absolute Gasteiger partial charge is 0.310 e. The molecule has 0 radical (unpaired) electrons. The van der Waals surface area contributed by atoms with Crippen molar-refractivity contribution in [3.8, 4) is 11.5 Å². The van der Waals surface area contributed by atoms with Crippen LogP contribution in [0.5, 0.6) is 11.5 Å². The van der Waals surface area contributed by atoms with Crippen LogP contribution in [-0.4, -0.2) is 83.3 Å². The van der Waals surface area contributed by atoms with Gasteiger partial charge in [-0.15, -0.1) is 0 Å². The lowest BCUT2D eigenvalue weighted by molar-refractivity contribution is -0.961. The Morgan fingerprint density at radius 3 is 1.19 bits per heavy atom. The first-order valence-electron chi connectivity index (χ1n) is 18.6. The molecule has 0 aromatic heterocycles. The lowest BCUT2D eigenvalue weighted by Gasteiger charge is -2.47. The molecule has 0 spiro atoms. The number of piperidine rings is 2. The first-order valence-corrected chi connectivity index (χ1v) is 18.6. The Balaban J connectivity index is 0.00000261. The van der Waals surface area contributed by atoms with E-state index >= 15 is 0 Å². The Kier molecular flexibility index (Phi) is 12.6. The molecule has 5 fully saturated rings. The van der Waals surface area contributed by atoms with Crippen LogP contribution in [0.25, 0.3) is 0 Å². The molecule has 284 valence electrons. The normalized spacial score (nSPS) is 34.1. The second-order valence-electron chi connectivity index (χ2n) is 16.0. The highest BCUT2D eigenvalue weighted by molar-refractivity contribution is 5.84. The average Bonchev–Trinajstić information content (AvgIpc) is 3.26. The molecule has 6 unspecified atom stereocenters. The van der Waals surface area contributed by atoms with Crippen molar-refractivity contribution in [2.45, 2.75) is 128 Å². The van der Waals surface area contributed by atoms with Crippen LogP contribution in [-0.2, 0) is 41.7 Å². The van der Waals surface area contributed by atoms with Crippen LogP contribution in [0.3, 0.4) is 0 Å². The fourth-order valence-electron chi connectivity index (χ4n) is 10.2. The summed E-state index contributed by atoms with van der Waals surface area (Å²) in [5.74, 6) is -0.781. The summed E-state index contributed by atoms with van der Waals surface area (Å²) >= 11 is 0. The van der Waals surface area contributed by atoms with Crippen molar-refractivity contribution < 1.29 is 81.1 Å². The Morgan fingerprint density at radius 1 is 0.558 bits per heavy atom. The van der Waals surface area contributed by atoms with Gasteiger partial charge in [0.15, 0.2) is 0 Å². The molecule has 4 bridgehead atoms. The van der Waals surface area contributed by atoms with Gasteiger partial charge in [0.2, 0.25) is 0 Å². The molecule has 0 N–H and O–H groups in total. The highest BCUT2D eigenvalue weighted by Crippen LogP contribution is 2.47. The molecule has 2 aromatic carbocycles. The molecule has 6 atom stereocenters. The number of carbonyl (C=O) groups excluding carboxylic acids is 4. The molecular weight excluding hydrogens is 796 g/mol. The van der Waals surface area contributed by atoms with Crippen molar-refractivity contribution in [2.24, 2.45) is 11.8 Å². The summed E-state index contributed by atoms with van der Waals surface area (Å²) in [7, 11) is 4.56. The minimum absolute atomic E-state index is 0. The first kappa shape index (κ1) is 40.4. The molecule has 4 saturated heterocycles. The molecule has 12 heteroatoms. The molecule has 4 aliphatic heterocycles. The van der Waals surface area contributed by atoms with E-state index < -0.39 is 11.8 Å². The summed E-state index contributed by atoms with van der Waals surface area (Å²) in [4.78, 5) is 50.4. The third kappa shape index (κ3) is 8.00. The maximum absolute atomic E-state index is 13.5. The minimum atomic E-state index is -0.433. The number of ether oxygens (including phenoxy) is 4. The van der Waals surface area contributed by atoms with E-state index in [1.54, 1.807) is 0 Å². The predicted molar refractivity (Wildman–Crippen MR) is 183 cm³/mol. The van der Waals surface area contributed by atoms with E-state index in [4.69, 9.17) is 18.9 Å². The highest BCUT2D eigenvalue weighted by atomic mass is 79.9. The van der Waals surface area contributed by atoms with Crippen LogP contribution in [0.4, 0.5) is 0 Å². The molecule has 5 aliphatic rings. The molecule has 10 nitrogen and oxygen atoms in total. The van der Waals surface area contributed by atoms with Gasteiger partial charge in [-0.2, -0.15) is 0 Å². The number of carbonyl (C=O) groups is 4. The van der Waals surface area contributed by atoms with Crippen molar-refractivity contribution in [1.82, 2.24) is 0 Å². The predicted octanol–water partition coefficient (Wildman–Crippen LogP) is -0.362. The standard InChI is InChI=1S/C40H52N2O8.2BrH/c1-25(43)47-37-11-7-5-9-27(37)23-41(3)29-13-14-30(41)20-33(19-29)49-39(45)35-17-18-36(35)40(46)50-34-21-31-15-16-32(22-34)42(31,4)24-28-10-6-8-12-38(28)48-26(2)44;;/h5-12,29-36H,13-24H2,1-4H3;2*1H/q+2;;/p-2. The zero-order valence-corrected chi connectivity index (χ0v) is 33.8. The Hall–Kier alpha value is -2.80. The van der Waals surface area contributed by atoms with Crippen LogP contribution in [0.15, 0.2) is 48.5 Å². The van der Waals surface area contributed by atoms with E-state index in [9.17, 15) is 19.2 Å². The summed E-state index contributed by atoms with van der Waals surface area (Å²) in [6.07, 6.45) is 8.49. The van der Waals surface area contributed by atoms with Gasteiger partial charge in [0.05, 0.1) is 50.1 Å². The summed E-state index contributed by atoms with van der Waals surface area (Å²) in [6, 6.07) is 16.9. The van der Waals surface area contributed by atoms with Crippen LogP contribution < -0.4 is 43.4 Å². The molecular formula is C40H52Br2N2O8. The van der Waals surface area contributed by atoms with E-state index in [-0.39, 0.29) is 70.0 Å². The number of benzene rings is 2. The second-order valence-corrected chi connectivity index (χ2v) is 16.0. The molecule has 1 saturated carbocycles. The van der Waals surface area contributed by atoms with Crippen LogP contribution in [0, 0.1) is 11.8 Å². The van der Waals surface area contributed by atoms with Gasteiger partial charge in [-0.25, -0.2) is 0 Å². The number of rotatable bonds is 10. The SMILES string of the molecule is CC(=O)Oc1ccccc1C[N+]1(C)C2CCC1CC(OC(=O)C1CCC1C(=O)OC1CC3CCC(C1)[N+]3(C)Cc1ccccc1OC(C)=O)C2.[Br-].[Br-]. The van der Waals surface area contributed by atoms with Gasteiger partial charge in [-0.1, -0.05) is 24.3 Å². The van der Waals surface area contributed by atoms with Crippen molar-refractivity contribution in [3.05, 3.63) is 59.7 Å². The zero-order chi connectivity index (χ0) is 35.2. The fourth-order valence-corrected chi connectivity index (χ4v) is 10.2. The lowest BCUT2D eigenvalue weighted by atomic mass is 9.73. The number of para-hydroxylation sites is 2. The van der Waals surface area contributed by atoms with E-state index in [1.807, 2.05) is 48.5 Å². The monoisotopic (exact) mass is 846 g/mol. The summed E-state index contributed by atoms with van der Waals surface area (Å²) in [6.45, 7) is 4.38. The van der Waals surface area contributed by atoms with Gasteiger partial charge in [0.25, 0.3) is 0 Å². The molecule has 7 rings (SSSR count). The summed E-state index contributed by atoms with van der Waals surface area (Å²) in [5.41, 5.74) is 2.04. The van der Waals surface area contributed by atoms with E-state index in [1.165, 1.54) is 13.8 Å². The van der Waals surface area contributed by atoms with E-state index in [0.717, 1.165) is 84.5 Å². The highest BCUT2D eigenvalue weighted by Gasteiger charge is 2.55.